The van der Waals surface area contributed by atoms with Gasteiger partial charge in [-0.1, -0.05) is 19.9 Å². The minimum absolute atomic E-state index is 0.172. The average molecular weight is 318 g/mol. The highest BCUT2D eigenvalue weighted by Crippen LogP contribution is 2.27. The van der Waals surface area contributed by atoms with Crippen molar-refractivity contribution >= 4 is 21.6 Å². The van der Waals surface area contributed by atoms with Gasteiger partial charge in [0, 0.05) is 12.4 Å². The quantitative estimate of drug-likeness (QED) is 0.781. The van der Waals surface area contributed by atoms with Crippen molar-refractivity contribution in [3.05, 3.63) is 29.3 Å². The van der Waals surface area contributed by atoms with Gasteiger partial charge in [-0.2, -0.15) is 0 Å². The maximum absolute atomic E-state index is 12.3. The Morgan fingerprint density at radius 3 is 2.20 bits per heavy atom. The summed E-state index contributed by atoms with van der Waals surface area (Å²) in [6.45, 7) is 8.33. The van der Waals surface area contributed by atoms with Gasteiger partial charge in [-0.3, -0.25) is 0 Å². The molecule has 0 heterocycles. The number of rotatable bonds is 7. The molecule has 0 unspecified atom stereocenters. The lowest BCUT2D eigenvalue weighted by molar-refractivity contribution is 0.304. The molecule has 1 N–H and O–H groups in total. The van der Waals surface area contributed by atoms with Crippen LogP contribution in [-0.2, 0) is 10.0 Å². The summed E-state index contributed by atoms with van der Waals surface area (Å²) in [5.74, 6) is 0.454. The molecule has 0 spiro atoms. The molecule has 0 aliphatic rings. The van der Waals surface area contributed by atoms with E-state index >= 15 is 0 Å². The van der Waals surface area contributed by atoms with Gasteiger partial charge in [0.05, 0.1) is 4.90 Å². The first-order valence-electron chi connectivity index (χ1n) is 6.93. The normalized spacial score (nSPS) is 12.7. The smallest absolute Gasteiger partial charge is 0.211 e. The number of nitrogens with one attached hydrogen (secondary N) is 1. The Hall–Kier alpha value is -0.580. The average Bonchev–Trinajstić information content (AvgIpc) is 2.44. The number of hydrogen-bond acceptors (Lipinski definition) is 2. The second-order valence-corrected chi connectivity index (χ2v) is 7.45. The Kier molecular flexibility index (Phi) is 6.05. The van der Waals surface area contributed by atoms with Crippen molar-refractivity contribution in [1.82, 2.24) is 4.72 Å². The van der Waals surface area contributed by atoms with Gasteiger partial charge in [0.1, 0.15) is 0 Å². The maximum Gasteiger partial charge on any atom is 0.240 e. The summed E-state index contributed by atoms with van der Waals surface area (Å²) in [6, 6.07) is 5.18. The summed E-state index contributed by atoms with van der Waals surface area (Å²) in [6.07, 6.45) is 1.70. The Bertz CT molecular complexity index is 543. The van der Waals surface area contributed by atoms with E-state index in [2.05, 4.69) is 4.72 Å². The number of benzene rings is 1. The molecule has 1 aromatic carbocycles. The highest BCUT2D eigenvalue weighted by atomic mass is 35.5. The third-order valence-corrected chi connectivity index (χ3v) is 6.18. The summed E-state index contributed by atoms with van der Waals surface area (Å²) in [4.78, 5) is 0.316. The van der Waals surface area contributed by atoms with E-state index in [1.165, 1.54) is 0 Å². The van der Waals surface area contributed by atoms with E-state index in [1.807, 2.05) is 33.8 Å². The van der Waals surface area contributed by atoms with Crippen LogP contribution in [0.5, 0.6) is 0 Å². The van der Waals surface area contributed by atoms with E-state index in [-0.39, 0.29) is 5.41 Å². The van der Waals surface area contributed by atoms with Crippen molar-refractivity contribution < 1.29 is 8.42 Å². The Labute approximate surface area is 127 Å². The van der Waals surface area contributed by atoms with Crippen molar-refractivity contribution in [2.75, 3.05) is 12.4 Å². The molecule has 0 aliphatic heterocycles. The predicted molar refractivity (Wildman–Crippen MR) is 84.8 cm³/mol. The first kappa shape index (κ1) is 17.5. The fraction of sp³-hybridized carbons (Fsp3) is 0.600. The highest BCUT2D eigenvalue weighted by Gasteiger charge is 2.27. The standard InChI is InChI=1S/C15H24ClNO2S/c1-5-15(6-2,10-16)11-17-20(18,19)14-8-7-12(3)13(4)9-14/h7-9,17H,5-6,10-11H2,1-4H3. The van der Waals surface area contributed by atoms with Crippen LogP contribution in [0.3, 0.4) is 0 Å². The van der Waals surface area contributed by atoms with Crippen molar-refractivity contribution in [2.45, 2.75) is 45.4 Å². The number of alkyl halides is 1. The van der Waals surface area contributed by atoms with Crippen LogP contribution in [0.1, 0.15) is 37.8 Å². The fourth-order valence-corrected chi connectivity index (χ4v) is 3.66. The second-order valence-electron chi connectivity index (χ2n) is 5.41. The predicted octanol–water partition coefficient (Wildman–Crippen LogP) is 3.63. The molecule has 0 saturated heterocycles. The third-order valence-electron chi connectivity index (χ3n) is 4.21. The van der Waals surface area contributed by atoms with Gasteiger partial charge in [-0.05, 0) is 55.4 Å². The molecule has 0 saturated carbocycles. The molecule has 0 aliphatic carbocycles. The lowest BCUT2D eigenvalue weighted by Gasteiger charge is -2.29. The van der Waals surface area contributed by atoms with Gasteiger partial charge >= 0.3 is 0 Å². The van der Waals surface area contributed by atoms with Gasteiger partial charge in [-0.15, -0.1) is 11.6 Å². The summed E-state index contributed by atoms with van der Waals surface area (Å²) in [7, 11) is -3.47. The van der Waals surface area contributed by atoms with Crippen LogP contribution in [0.25, 0.3) is 0 Å². The summed E-state index contributed by atoms with van der Waals surface area (Å²) in [5, 5.41) is 0. The molecule has 0 radical (unpaired) electrons. The monoisotopic (exact) mass is 317 g/mol. The van der Waals surface area contributed by atoms with E-state index < -0.39 is 10.0 Å². The van der Waals surface area contributed by atoms with Crippen molar-refractivity contribution in [1.29, 1.82) is 0 Å². The van der Waals surface area contributed by atoms with Crippen LogP contribution in [0, 0.1) is 19.3 Å². The largest absolute Gasteiger partial charge is 0.240 e. The SMILES string of the molecule is CCC(CC)(CCl)CNS(=O)(=O)c1ccc(C)c(C)c1. The zero-order valence-electron chi connectivity index (χ0n) is 12.7. The van der Waals surface area contributed by atoms with Gasteiger partial charge in [0.25, 0.3) is 0 Å². The van der Waals surface area contributed by atoms with E-state index in [9.17, 15) is 8.42 Å². The molecule has 0 bridgehead atoms. The van der Waals surface area contributed by atoms with E-state index in [0.29, 0.717) is 17.3 Å². The number of sulfonamides is 1. The van der Waals surface area contributed by atoms with Crippen LogP contribution in [0.15, 0.2) is 23.1 Å². The van der Waals surface area contributed by atoms with Crippen LogP contribution in [0.2, 0.25) is 0 Å². The molecule has 0 amide bonds. The lowest BCUT2D eigenvalue weighted by atomic mass is 9.85. The summed E-state index contributed by atoms with van der Waals surface area (Å²) >= 11 is 6.01. The molecule has 5 heteroatoms. The van der Waals surface area contributed by atoms with Gasteiger partial charge < -0.3 is 0 Å². The topological polar surface area (TPSA) is 46.2 Å². The Balaban J connectivity index is 2.92. The van der Waals surface area contributed by atoms with E-state index in [1.54, 1.807) is 12.1 Å². The fourth-order valence-electron chi connectivity index (χ4n) is 1.95. The zero-order chi connectivity index (χ0) is 15.4. The molecule has 0 fully saturated rings. The minimum atomic E-state index is -3.47. The Morgan fingerprint density at radius 1 is 1.15 bits per heavy atom. The lowest BCUT2D eigenvalue weighted by Crippen LogP contribution is -2.38. The van der Waals surface area contributed by atoms with Gasteiger partial charge in [-0.25, -0.2) is 13.1 Å². The maximum atomic E-state index is 12.3. The first-order valence-corrected chi connectivity index (χ1v) is 8.95. The van der Waals surface area contributed by atoms with Crippen LogP contribution in [0.4, 0.5) is 0 Å². The first-order chi connectivity index (χ1) is 9.30. The van der Waals surface area contributed by atoms with Crippen LogP contribution < -0.4 is 4.72 Å². The molecule has 1 aromatic rings. The molecule has 0 aromatic heterocycles. The van der Waals surface area contributed by atoms with Gasteiger partial charge in [0.15, 0.2) is 0 Å². The molecular formula is C15H24ClNO2S. The molecule has 1 rings (SSSR count). The minimum Gasteiger partial charge on any atom is -0.211 e. The highest BCUT2D eigenvalue weighted by molar-refractivity contribution is 7.89. The zero-order valence-corrected chi connectivity index (χ0v) is 14.2. The van der Waals surface area contributed by atoms with E-state index in [0.717, 1.165) is 24.0 Å². The number of aryl methyl sites for hydroxylation is 2. The Morgan fingerprint density at radius 2 is 1.75 bits per heavy atom. The third kappa shape index (κ3) is 3.96. The van der Waals surface area contributed by atoms with Crippen molar-refractivity contribution in [3.63, 3.8) is 0 Å². The van der Waals surface area contributed by atoms with Crippen LogP contribution >= 0.6 is 11.6 Å². The van der Waals surface area contributed by atoms with Crippen LogP contribution in [-0.4, -0.2) is 20.8 Å². The summed E-state index contributed by atoms with van der Waals surface area (Å²) < 4.78 is 27.4. The molecule has 20 heavy (non-hydrogen) atoms. The molecule has 0 atom stereocenters. The molecule has 114 valence electrons. The summed E-state index contributed by atoms with van der Waals surface area (Å²) in [5.41, 5.74) is 1.89. The van der Waals surface area contributed by atoms with Crippen molar-refractivity contribution in [3.8, 4) is 0 Å². The number of hydrogen-bond donors (Lipinski definition) is 1. The number of halogens is 1. The van der Waals surface area contributed by atoms with Crippen molar-refractivity contribution in [2.24, 2.45) is 5.41 Å². The van der Waals surface area contributed by atoms with E-state index in [4.69, 9.17) is 11.6 Å². The molecular weight excluding hydrogens is 294 g/mol. The van der Waals surface area contributed by atoms with Gasteiger partial charge in [0.2, 0.25) is 10.0 Å². The second kappa shape index (κ2) is 6.92. The molecule has 3 nitrogen and oxygen atoms in total.